The highest BCUT2D eigenvalue weighted by molar-refractivity contribution is 9.10. The van der Waals surface area contributed by atoms with Crippen LogP contribution in [0.5, 0.6) is 0 Å². The zero-order valence-electron chi connectivity index (χ0n) is 8.57. The van der Waals surface area contributed by atoms with Crippen LogP contribution < -0.4 is 0 Å². The number of carbonyl (C=O) groups is 1. The van der Waals surface area contributed by atoms with Crippen LogP contribution in [0.4, 0.5) is 0 Å². The first kappa shape index (κ1) is 13.2. The summed E-state index contributed by atoms with van der Waals surface area (Å²) in [6.45, 7) is 3.66. The number of hydrogen-bond donors (Lipinski definition) is 1. The SMILES string of the molecule is CC(O)C(C)SCC(=O)c1sccc1Br. The Bertz CT molecular complexity index is 336. The molecule has 15 heavy (non-hydrogen) atoms. The average molecular weight is 309 g/mol. The zero-order valence-corrected chi connectivity index (χ0v) is 11.8. The lowest BCUT2D eigenvalue weighted by atomic mass is 10.3. The molecule has 0 aliphatic heterocycles. The molecule has 0 aliphatic rings. The van der Waals surface area contributed by atoms with Crippen molar-refractivity contribution in [2.24, 2.45) is 0 Å². The topological polar surface area (TPSA) is 37.3 Å². The molecule has 2 atom stereocenters. The summed E-state index contributed by atoms with van der Waals surface area (Å²) >= 11 is 6.27. The first-order chi connectivity index (χ1) is 7.02. The average Bonchev–Trinajstić information content (AvgIpc) is 2.60. The minimum Gasteiger partial charge on any atom is -0.392 e. The Kier molecular flexibility index (Phi) is 5.32. The molecule has 1 aromatic rings. The van der Waals surface area contributed by atoms with Crippen molar-refractivity contribution in [3.63, 3.8) is 0 Å². The van der Waals surface area contributed by atoms with E-state index in [1.165, 1.54) is 23.1 Å². The number of ketones is 1. The number of Topliss-reactive ketones (excluding diaryl/α,β-unsaturated/α-hetero) is 1. The second-order valence-electron chi connectivity index (χ2n) is 3.28. The normalized spacial score (nSPS) is 14.9. The molecule has 5 heteroatoms. The van der Waals surface area contributed by atoms with Gasteiger partial charge in [0.05, 0.1) is 16.7 Å². The van der Waals surface area contributed by atoms with Crippen LogP contribution in [0, 0.1) is 0 Å². The summed E-state index contributed by atoms with van der Waals surface area (Å²) in [4.78, 5) is 12.5. The highest BCUT2D eigenvalue weighted by atomic mass is 79.9. The Morgan fingerprint density at radius 2 is 2.33 bits per heavy atom. The summed E-state index contributed by atoms with van der Waals surface area (Å²) in [7, 11) is 0. The molecule has 1 aromatic heterocycles. The van der Waals surface area contributed by atoms with Gasteiger partial charge in [0.25, 0.3) is 0 Å². The monoisotopic (exact) mass is 308 g/mol. The Labute approximate surface area is 106 Å². The van der Waals surface area contributed by atoms with Gasteiger partial charge < -0.3 is 5.11 Å². The van der Waals surface area contributed by atoms with Crippen LogP contribution in [0.1, 0.15) is 23.5 Å². The van der Waals surface area contributed by atoms with Crippen LogP contribution in [-0.4, -0.2) is 28.0 Å². The number of aliphatic hydroxyl groups is 1. The van der Waals surface area contributed by atoms with Crippen molar-refractivity contribution in [1.29, 1.82) is 0 Å². The number of thiophene rings is 1. The van der Waals surface area contributed by atoms with E-state index in [0.717, 1.165) is 9.35 Å². The van der Waals surface area contributed by atoms with Crippen molar-refractivity contribution in [2.45, 2.75) is 25.2 Å². The molecule has 84 valence electrons. The summed E-state index contributed by atoms with van der Waals surface area (Å²) in [5.74, 6) is 0.542. The Morgan fingerprint density at radius 3 is 2.80 bits per heavy atom. The van der Waals surface area contributed by atoms with Crippen LogP contribution in [0.2, 0.25) is 0 Å². The molecule has 1 heterocycles. The van der Waals surface area contributed by atoms with Crippen LogP contribution >= 0.6 is 39.0 Å². The lowest BCUT2D eigenvalue weighted by molar-refractivity contribution is 0.102. The third-order valence-corrected chi connectivity index (χ3v) is 5.25. The third-order valence-electron chi connectivity index (χ3n) is 2.03. The van der Waals surface area contributed by atoms with E-state index < -0.39 is 0 Å². The van der Waals surface area contributed by atoms with Crippen molar-refractivity contribution in [2.75, 3.05) is 5.75 Å². The molecule has 0 aliphatic carbocycles. The maximum absolute atomic E-state index is 11.7. The predicted octanol–water partition coefficient (Wildman–Crippen LogP) is 3.20. The van der Waals surface area contributed by atoms with E-state index in [4.69, 9.17) is 0 Å². The standard InChI is InChI=1S/C10H13BrO2S2/c1-6(12)7(2)15-5-9(13)10-8(11)3-4-14-10/h3-4,6-7,12H,5H2,1-2H3. The molecule has 0 bridgehead atoms. The van der Waals surface area contributed by atoms with Gasteiger partial charge in [0, 0.05) is 9.72 Å². The van der Waals surface area contributed by atoms with E-state index in [2.05, 4.69) is 15.9 Å². The number of halogens is 1. The summed E-state index contributed by atoms with van der Waals surface area (Å²) < 4.78 is 0.864. The molecule has 1 rings (SSSR count). The lowest BCUT2D eigenvalue weighted by Crippen LogP contribution is -2.17. The summed E-state index contributed by atoms with van der Waals surface area (Å²) in [5, 5.41) is 11.3. The van der Waals surface area contributed by atoms with Gasteiger partial charge in [-0.2, -0.15) is 0 Å². The highest BCUT2D eigenvalue weighted by Crippen LogP contribution is 2.25. The van der Waals surface area contributed by atoms with Crippen molar-refractivity contribution in [3.8, 4) is 0 Å². The third kappa shape index (κ3) is 3.90. The maximum Gasteiger partial charge on any atom is 0.183 e. The number of hydrogen-bond acceptors (Lipinski definition) is 4. The second kappa shape index (κ2) is 6.03. The van der Waals surface area contributed by atoms with E-state index in [1.54, 1.807) is 6.92 Å². The fourth-order valence-corrected chi connectivity index (χ4v) is 3.37. The number of rotatable bonds is 5. The van der Waals surface area contributed by atoms with Gasteiger partial charge in [-0.05, 0) is 34.3 Å². The molecular weight excluding hydrogens is 296 g/mol. The molecule has 0 radical (unpaired) electrons. The van der Waals surface area contributed by atoms with E-state index >= 15 is 0 Å². The summed E-state index contributed by atoms with van der Waals surface area (Å²) in [6, 6.07) is 1.88. The molecular formula is C10H13BrO2S2. The van der Waals surface area contributed by atoms with Gasteiger partial charge in [-0.15, -0.1) is 23.1 Å². The quantitative estimate of drug-likeness (QED) is 0.849. The lowest BCUT2D eigenvalue weighted by Gasteiger charge is -2.12. The Hall–Kier alpha value is 0.160. The molecule has 0 fully saturated rings. The molecule has 2 unspecified atom stereocenters. The minimum atomic E-state index is -0.380. The molecule has 0 saturated heterocycles. The zero-order chi connectivity index (χ0) is 11.4. The van der Waals surface area contributed by atoms with Gasteiger partial charge in [-0.25, -0.2) is 0 Å². The first-order valence-electron chi connectivity index (χ1n) is 4.58. The summed E-state index contributed by atoms with van der Waals surface area (Å²) in [5.41, 5.74) is 0. The minimum absolute atomic E-state index is 0.0905. The van der Waals surface area contributed by atoms with Crippen molar-refractivity contribution in [1.82, 2.24) is 0 Å². The number of aliphatic hydroxyl groups excluding tert-OH is 1. The second-order valence-corrected chi connectivity index (χ2v) is 6.41. The molecule has 1 N–H and O–H groups in total. The van der Waals surface area contributed by atoms with Crippen molar-refractivity contribution in [3.05, 3.63) is 20.8 Å². The first-order valence-corrected chi connectivity index (χ1v) is 7.30. The Balaban J connectivity index is 2.47. The molecule has 0 amide bonds. The largest absolute Gasteiger partial charge is 0.392 e. The summed E-state index contributed by atoms with van der Waals surface area (Å²) in [6.07, 6.45) is -0.380. The van der Waals surface area contributed by atoms with Crippen LogP contribution in [0.15, 0.2) is 15.9 Å². The van der Waals surface area contributed by atoms with E-state index in [0.29, 0.717) is 5.75 Å². The van der Waals surface area contributed by atoms with Gasteiger partial charge in [0.2, 0.25) is 0 Å². The van der Waals surface area contributed by atoms with Gasteiger partial charge in [0.1, 0.15) is 0 Å². The van der Waals surface area contributed by atoms with Gasteiger partial charge >= 0.3 is 0 Å². The maximum atomic E-state index is 11.7. The van der Waals surface area contributed by atoms with Gasteiger partial charge in [-0.1, -0.05) is 6.92 Å². The van der Waals surface area contributed by atoms with Crippen molar-refractivity contribution < 1.29 is 9.90 Å². The van der Waals surface area contributed by atoms with E-state index in [-0.39, 0.29) is 17.1 Å². The smallest absolute Gasteiger partial charge is 0.183 e. The predicted molar refractivity (Wildman–Crippen MR) is 70.0 cm³/mol. The Morgan fingerprint density at radius 1 is 1.67 bits per heavy atom. The fourth-order valence-electron chi connectivity index (χ4n) is 0.905. The number of thioether (sulfide) groups is 1. The molecule has 0 spiro atoms. The van der Waals surface area contributed by atoms with Crippen molar-refractivity contribution >= 4 is 44.8 Å². The van der Waals surface area contributed by atoms with E-state index in [9.17, 15) is 9.90 Å². The fraction of sp³-hybridized carbons (Fsp3) is 0.500. The van der Waals surface area contributed by atoms with Crippen LogP contribution in [0.3, 0.4) is 0 Å². The van der Waals surface area contributed by atoms with Gasteiger partial charge in [-0.3, -0.25) is 4.79 Å². The molecule has 2 nitrogen and oxygen atoms in total. The molecule has 0 saturated carbocycles. The highest BCUT2D eigenvalue weighted by Gasteiger charge is 2.15. The van der Waals surface area contributed by atoms with Crippen LogP contribution in [-0.2, 0) is 0 Å². The number of carbonyl (C=O) groups excluding carboxylic acids is 1. The van der Waals surface area contributed by atoms with Crippen LogP contribution in [0.25, 0.3) is 0 Å². The molecule has 0 aromatic carbocycles. The van der Waals surface area contributed by atoms with Gasteiger partial charge in [0.15, 0.2) is 5.78 Å². The van der Waals surface area contributed by atoms with E-state index in [1.807, 2.05) is 18.4 Å².